The molecule has 0 amide bonds. The highest BCUT2D eigenvalue weighted by atomic mass is 32.2. The lowest BCUT2D eigenvalue weighted by Crippen LogP contribution is -2.69. The van der Waals surface area contributed by atoms with Gasteiger partial charge in [-0.3, -0.25) is 0 Å². The van der Waals surface area contributed by atoms with Crippen LogP contribution in [0, 0.1) is 35.5 Å². The first-order valence-electron chi connectivity index (χ1n) is 36.7. The van der Waals surface area contributed by atoms with Crippen molar-refractivity contribution in [3.8, 4) is 0 Å². The largest absolute Gasteiger partial charge is 0.461 e. The van der Waals surface area contributed by atoms with Crippen molar-refractivity contribution in [3.63, 3.8) is 0 Å². The van der Waals surface area contributed by atoms with Gasteiger partial charge in [-0.05, 0) is 154 Å². The highest BCUT2D eigenvalue weighted by molar-refractivity contribution is 7.88. The Morgan fingerprint density at radius 2 is 0.702 bits per heavy atom. The molecule has 17 unspecified atom stereocenters. The molecule has 124 heavy (non-hydrogen) atoms. The molecule has 0 aromatic rings. The summed E-state index contributed by atoms with van der Waals surface area (Å²) in [6.45, 7) is 35.8. The number of halogens is 24. The average Bonchev–Trinajstić information content (AvgIpc) is 0.722. The smallest absolute Gasteiger partial charge is 0.426 e. The summed E-state index contributed by atoms with van der Waals surface area (Å²) in [5.74, 6) is -15.8. The van der Waals surface area contributed by atoms with Crippen LogP contribution in [0.15, 0.2) is 72.9 Å². The molecule has 49 heteroatoms. The highest BCUT2D eigenvalue weighted by Crippen LogP contribution is 2.56. The molecule has 0 heterocycles. The third kappa shape index (κ3) is 36.7. The van der Waals surface area contributed by atoms with Gasteiger partial charge in [0.2, 0.25) is 10.0 Å². The molecule has 0 aromatic carbocycles. The third-order valence-electron chi connectivity index (χ3n) is 19.5. The molecule has 0 spiro atoms. The van der Waals surface area contributed by atoms with E-state index in [0.717, 1.165) is 13.2 Å². The summed E-state index contributed by atoms with van der Waals surface area (Å²) in [4.78, 5) is 67.8. The Balaban J connectivity index is -0.00000145. The molecule has 10 N–H and O–H groups in total. The Morgan fingerprint density at radius 3 is 1.02 bits per heavy atom. The van der Waals surface area contributed by atoms with Crippen molar-refractivity contribution in [1.82, 2.24) is 4.72 Å². The second-order valence-electron chi connectivity index (χ2n) is 32.0. The van der Waals surface area contributed by atoms with E-state index < -0.39 is 252 Å². The quantitative estimate of drug-likeness (QED) is 0.0126. The van der Waals surface area contributed by atoms with Gasteiger partial charge >= 0.3 is 85.2 Å². The monoisotopic (exact) mass is 1880 g/mol. The number of hydrogen-bond donors (Lipinski definition) is 10. The maximum Gasteiger partial charge on any atom is 0.426 e. The van der Waals surface area contributed by atoms with Crippen molar-refractivity contribution >= 4 is 45.8 Å². The number of rotatable bonds is 26. The van der Waals surface area contributed by atoms with E-state index in [1.54, 1.807) is 13.8 Å². The van der Waals surface area contributed by atoms with Crippen molar-refractivity contribution in [2.45, 2.75) is 306 Å². The van der Waals surface area contributed by atoms with Gasteiger partial charge in [0.25, 0.3) is 5.60 Å². The fourth-order valence-electron chi connectivity index (χ4n) is 11.6. The van der Waals surface area contributed by atoms with Gasteiger partial charge in [-0.1, -0.05) is 53.3 Å². The molecule has 3 aliphatic carbocycles. The minimum absolute atomic E-state index is 0.0127. The molecule has 3 aliphatic rings. The lowest BCUT2D eigenvalue weighted by atomic mass is 9.64. The van der Waals surface area contributed by atoms with Gasteiger partial charge in [0.05, 0.1) is 18.5 Å². The molecule has 17 atom stereocenters. The van der Waals surface area contributed by atoms with Crippen molar-refractivity contribution in [2.75, 3.05) is 19.4 Å². The van der Waals surface area contributed by atoms with E-state index in [-0.39, 0.29) is 79.5 Å². The molecule has 0 aliphatic heterocycles. The molecule has 0 aromatic heterocycles. The zero-order valence-electron chi connectivity index (χ0n) is 70.2. The van der Waals surface area contributed by atoms with Crippen molar-refractivity contribution in [3.05, 3.63) is 72.9 Å². The normalized spacial score (nSPS) is 24.0. The number of sulfonamides is 1. The zero-order chi connectivity index (χ0) is 99.6. The van der Waals surface area contributed by atoms with Crippen LogP contribution in [0.4, 0.5) is 105 Å². The van der Waals surface area contributed by atoms with E-state index in [4.69, 9.17) is 19.3 Å². The first-order chi connectivity index (χ1) is 54.6. The molecule has 726 valence electrons. The van der Waals surface area contributed by atoms with Crippen LogP contribution in [0.25, 0.3) is 0 Å². The van der Waals surface area contributed by atoms with E-state index in [1.807, 2.05) is 0 Å². The van der Waals surface area contributed by atoms with Crippen LogP contribution < -0.4 is 4.72 Å². The Kier molecular flexibility index (Phi) is 44.4. The topological polar surface area (TPSA) is 386 Å². The molecule has 24 nitrogen and oxygen atoms in total. The second kappa shape index (κ2) is 45.4. The summed E-state index contributed by atoms with van der Waals surface area (Å²) < 4.78 is 363. The lowest BCUT2D eigenvalue weighted by Gasteiger charge is -2.50. The first kappa shape index (κ1) is 121. The van der Waals surface area contributed by atoms with E-state index in [9.17, 15) is 183 Å². The predicted octanol–water partition coefficient (Wildman–Crippen LogP) is 13.6. The number of aliphatic hydroxyl groups is 9. The predicted molar refractivity (Wildman–Crippen MR) is 390 cm³/mol. The van der Waals surface area contributed by atoms with Crippen molar-refractivity contribution < 1.29 is 217 Å². The fraction of sp³-hybridized carbons (Fsp3) is 0.760. The minimum Gasteiger partial charge on any atom is -0.461 e. The Hall–Kier alpha value is -6.87. The van der Waals surface area contributed by atoms with Crippen molar-refractivity contribution in [2.24, 2.45) is 35.5 Å². The number of carbonyl (C=O) groups excluding carboxylic acids is 6. The Bertz CT molecular complexity index is 3680. The van der Waals surface area contributed by atoms with Gasteiger partial charge in [-0.15, -0.1) is 0 Å². The van der Waals surface area contributed by atoms with Crippen molar-refractivity contribution in [1.29, 1.82) is 0 Å². The van der Waals surface area contributed by atoms with Gasteiger partial charge in [0, 0.05) is 82.4 Å². The van der Waals surface area contributed by atoms with Crippen LogP contribution in [0.1, 0.15) is 174 Å². The molecule has 0 bridgehead atoms. The fourth-order valence-corrected chi connectivity index (χ4v) is 12.1. The van der Waals surface area contributed by atoms with Gasteiger partial charge in [-0.2, -0.15) is 105 Å². The zero-order valence-corrected chi connectivity index (χ0v) is 71.0. The van der Waals surface area contributed by atoms with Crippen LogP contribution in [0.5, 0.6) is 0 Å². The molecule has 3 saturated carbocycles. The Labute approximate surface area is 699 Å². The average molecular weight is 1880 g/mol. The SMILES string of the molecule is C=C(C)C(=O)OC(C)CC(C)(O)C(F)(F)F.C=C(C)C(=O)OC(CC(C)C)CC(C)(O)C(F)(F)F.C=C(C)C(=O)OC1CC(C(C)(O)C(F)(F)F)C(O)C(C(O)(C(F)(F)F)C(F)(F)F)C1.C=C(C)C(=O)OC1CC(C(C)(O)C(F)(F)F)CC(C(C)(O)C(F)(F)F)C1.C=C(C)C(=O)OC1CCC(O)C(C(C)(O)C(F)(F)F)C1.C=C(C)C(=O)OCCNS(C)(=O)=O. The number of hydrogen-bond acceptors (Lipinski definition) is 23. The lowest BCUT2D eigenvalue weighted by molar-refractivity contribution is -0.400. The summed E-state index contributed by atoms with van der Waals surface area (Å²) >= 11 is 0. The summed E-state index contributed by atoms with van der Waals surface area (Å²) in [7, 11) is -3.21. The van der Waals surface area contributed by atoms with Crippen LogP contribution >= 0.6 is 0 Å². The molecule has 0 saturated heterocycles. The minimum atomic E-state index is -6.47. The molecular weight excluding hydrogens is 1770 g/mol. The number of alkyl halides is 24. The summed E-state index contributed by atoms with van der Waals surface area (Å²) in [5.41, 5.74) is -24.8. The second-order valence-corrected chi connectivity index (χ2v) is 33.8. The third-order valence-corrected chi connectivity index (χ3v) is 20.2. The standard InChI is InChI=1S/C16H19F9O5.C16H22F6O4.C13H19F3O4.C13H21F3O3.C10H15F3O3.C7H13NO4S/c1-6(2)11(27)30-7-4-8(12(3,28)14(17,18)19)10(26)9(5-7)13(29,15(20,21)22)16(23,24)25;1-8(2)12(23)26-11-6-9(13(3,24)15(17,18)19)5-10(7-11)14(4,25)16(20,21)22;1-7(2)11(18)20-8-4-5-10(17)9(6-8)12(3,19)13(14,15)16;1-8(2)6-10(19-11(17)9(3)4)7-12(5,18)13(14,15)16;1-6(2)8(14)16-7(3)5-9(4,15)10(11,12)13;1-6(2)7(9)12-5-4-8-13(3,10)11/h7-10,26,28-29H,1,4-5H2,2-3H3;9-11,24-25H,1,5-7H2,2-4H3;8-10,17,19H,1,4-6H2,2-3H3;8,10,18H,3,6-7H2,1-2,4-5H3;7,15H,1,5H2,2-4H3;8H,1,4-5H2,2-3H3. The van der Waals surface area contributed by atoms with Crippen LogP contribution in [-0.2, 0) is 67.2 Å². The van der Waals surface area contributed by atoms with Gasteiger partial charge in [-0.25, -0.2) is 41.9 Å². The van der Waals surface area contributed by atoms with Gasteiger partial charge in [0.15, 0.2) is 33.6 Å². The summed E-state index contributed by atoms with van der Waals surface area (Å²) in [5, 5.41) is 87.2. The van der Waals surface area contributed by atoms with Crippen LogP contribution in [0.3, 0.4) is 0 Å². The molecule has 3 fully saturated rings. The number of nitrogens with one attached hydrogen (secondary N) is 1. The molecule has 3 rings (SSSR count). The van der Waals surface area contributed by atoms with E-state index in [1.165, 1.54) is 41.5 Å². The van der Waals surface area contributed by atoms with Crippen LogP contribution in [-0.4, -0.2) is 241 Å². The first-order valence-corrected chi connectivity index (χ1v) is 38.6. The number of aliphatic hydroxyl groups excluding tert-OH is 2. The number of esters is 6. The number of ether oxygens (including phenoxy) is 6. The Morgan fingerprint density at radius 1 is 0.395 bits per heavy atom. The maximum atomic E-state index is 13.2. The van der Waals surface area contributed by atoms with Crippen LogP contribution in [0.2, 0.25) is 0 Å². The van der Waals surface area contributed by atoms with E-state index >= 15 is 0 Å². The van der Waals surface area contributed by atoms with Gasteiger partial charge < -0.3 is 74.4 Å². The van der Waals surface area contributed by atoms with E-state index in [0.29, 0.717) is 40.2 Å². The van der Waals surface area contributed by atoms with Gasteiger partial charge in [0.1, 0.15) is 37.1 Å². The summed E-state index contributed by atoms with van der Waals surface area (Å²) in [6.07, 6.45) is -58.1. The highest BCUT2D eigenvalue weighted by Gasteiger charge is 2.77. The molecule has 0 radical (unpaired) electrons. The summed E-state index contributed by atoms with van der Waals surface area (Å²) in [6, 6.07) is 0. The maximum absolute atomic E-state index is 13.2. The number of carbonyl (C=O) groups is 6. The molecular formula is C75H109F24NO23S. The van der Waals surface area contributed by atoms with E-state index in [2.05, 4.69) is 58.4 Å².